The lowest BCUT2D eigenvalue weighted by Crippen LogP contribution is -1.90. The SMILES string of the molecule is Nc1ncccn1.c1ccc2[nH]cnc2c1. The number of nitrogens with zero attached hydrogens (tertiary/aromatic N) is 3. The van der Waals surface area contributed by atoms with Gasteiger partial charge in [0.05, 0.1) is 17.4 Å². The molecule has 16 heavy (non-hydrogen) atoms. The summed E-state index contributed by atoms with van der Waals surface area (Å²) < 4.78 is 0. The lowest BCUT2D eigenvalue weighted by molar-refractivity contribution is 1.19. The van der Waals surface area contributed by atoms with Gasteiger partial charge in [0.2, 0.25) is 5.95 Å². The summed E-state index contributed by atoms with van der Waals surface area (Å²) in [5, 5.41) is 0. The first-order valence-corrected chi connectivity index (χ1v) is 4.77. The van der Waals surface area contributed by atoms with Crippen LogP contribution in [0.4, 0.5) is 5.95 Å². The van der Waals surface area contributed by atoms with Gasteiger partial charge in [0.1, 0.15) is 0 Å². The summed E-state index contributed by atoms with van der Waals surface area (Å²) in [6.07, 6.45) is 4.90. The van der Waals surface area contributed by atoms with Crippen molar-refractivity contribution in [2.45, 2.75) is 0 Å². The van der Waals surface area contributed by atoms with Gasteiger partial charge < -0.3 is 10.7 Å². The van der Waals surface area contributed by atoms with Gasteiger partial charge in [0.25, 0.3) is 0 Å². The number of aromatic amines is 1. The van der Waals surface area contributed by atoms with E-state index in [-0.39, 0.29) is 0 Å². The van der Waals surface area contributed by atoms with Crippen molar-refractivity contribution in [2.75, 3.05) is 5.73 Å². The topological polar surface area (TPSA) is 80.5 Å². The number of imidazole rings is 1. The zero-order valence-electron chi connectivity index (χ0n) is 8.54. The number of hydrogen-bond acceptors (Lipinski definition) is 4. The molecular formula is C11H11N5. The second kappa shape index (κ2) is 4.88. The average Bonchev–Trinajstić information content (AvgIpc) is 2.79. The summed E-state index contributed by atoms with van der Waals surface area (Å²) in [6.45, 7) is 0. The Morgan fingerprint density at radius 1 is 0.938 bits per heavy atom. The van der Waals surface area contributed by atoms with E-state index in [0.717, 1.165) is 11.0 Å². The second-order valence-corrected chi connectivity index (χ2v) is 3.03. The number of rotatable bonds is 0. The molecule has 3 rings (SSSR count). The monoisotopic (exact) mass is 213 g/mol. The third-order valence-corrected chi connectivity index (χ3v) is 1.91. The van der Waals surface area contributed by atoms with E-state index in [1.807, 2.05) is 24.3 Å². The maximum atomic E-state index is 5.14. The van der Waals surface area contributed by atoms with Gasteiger partial charge in [-0.3, -0.25) is 0 Å². The van der Waals surface area contributed by atoms with Crippen molar-refractivity contribution >= 4 is 17.0 Å². The van der Waals surface area contributed by atoms with Crippen molar-refractivity contribution in [3.63, 3.8) is 0 Å². The van der Waals surface area contributed by atoms with E-state index in [9.17, 15) is 0 Å². The van der Waals surface area contributed by atoms with E-state index in [2.05, 4.69) is 19.9 Å². The van der Waals surface area contributed by atoms with Crippen molar-refractivity contribution in [1.29, 1.82) is 0 Å². The highest BCUT2D eigenvalue weighted by Crippen LogP contribution is 2.05. The number of aromatic nitrogens is 4. The lowest BCUT2D eigenvalue weighted by atomic mass is 10.3. The lowest BCUT2D eigenvalue weighted by Gasteiger charge is -1.82. The Labute approximate surface area is 92.4 Å². The molecule has 0 aliphatic carbocycles. The Kier molecular flexibility index (Phi) is 3.08. The molecule has 0 saturated heterocycles. The third-order valence-electron chi connectivity index (χ3n) is 1.91. The molecule has 0 aliphatic rings. The van der Waals surface area contributed by atoms with Gasteiger partial charge >= 0.3 is 0 Å². The van der Waals surface area contributed by atoms with Crippen molar-refractivity contribution in [1.82, 2.24) is 19.9 Å². The van der Waals surface area contributed by atoms with E-state index < -0.39 is 0 Å². The molecule has 0 spiro atoms. The molecule has 5 heteroatoms. The average molecular weight is 213 g/mol. The summed E-state index contributed by atoms with van der Waals surface area (Å²) in [5.41, 5.74) is 7.26. The van der Waals surface area contributed by atoms with Gasteiger partial charge in [-0.1, -0.05) is 12.1 Å². The van der Waals surface area contributed by atoms with Crippen molar-refractivity contribution < 1.29 is 0 Å². The first-order valence-electron chi connectivity index (χ1n) is 4.77. The Hall–Kier alpha value is -2.43. The number of para-hydroxylation sites is 2. The largest absolute Gasteiger partial charge is 0.368 e. The first kappa shape index (κ1) is 10.1. The zero-order chi connectivity index (χ0) is 11.2. The molecular weight excluding hydrogens is 202 g/mol. The van der Waals surface area contributed by atoms with Crippen LogP contribution in [0.5, 0.6) is 0 Å². The predicted molar refractivity (Wildman–Crippen MR) is 62.5 cm³/mol. The number of nitrogens with one attached hydrogen (secondary N) is 1. The maximum absolute atomic E-state index is 5.14. The minimum atomic E-state index is 0.322. The molecule has 0 bridgehead atoms. The summed E-state index contributed by atoms with van der Waals surface area (Å²) in [6, 6.07) is 9.66. The Morgan fingerprint density at radius 3 is 2.31 bits per heavy atom. The Balaban J connectivity index is 0.000000125. The molecule has 0 saturated carbocycles. The maximum Gasteiger partial charge on any atom is 0.219 e. The van der Waals surface area contributed by atoms with Crippen molar-refractivity contribution in [2.24, 2.45) is 0 Å². The normalized spacial score (nSPS) is 9.50. The highest BCUT2D eigenvalue weighted by atomic mass is 15.0. The summed E-state index contributed by atoms with van der Waals surface area (Å²) in [7, 11) is 0. The fraction of sp³-hybridized carbons (Fsp3) is 0. The van der Waals surface area contributed by atoms with E-state index >= 15 is 0 Å². The van der Waals surface area contributed by atoms with Crippen LogP contribution < -0.4 is 5.73 Å². The Morgan fingerprint density at radius 2 is 1.69 bits per heavy atom. The van der Waals surface area contributed by atoms with Crippen LogP contribution in [0.15, 0.2) is 49.1 Å². The van der Waals surface area contributed by atoms with E-state index in [1.54, 1.807) is 24.8 Å². The minimum absolute atomic E-state index is 0.322. The highest BCUT2D eigenvalue weighted by Gasteiger charge is 1.88. The predicted octanol–water partition coefficient (Wildman–Crippen LogP) is 1.62. The second-order valence-electron chi connectivity index (χ2n) is 3.03. The van der Waals surface area contributed by atoms with Gasteiger partial charge in [-0.15, -0.1) is 0 Å². The molecule has 0 fully saturated rings. The molecule has 2 heterocycles. The van der Waals surface area contributed by atoms with Crippen LogP contribution >= 0.6 is 0 Å². The first-order chi connectivity index (χ1) is 7.86. The number of nitrogens with two attached hydrogens (primary N) is 1. The fourth-order valence-electron chi connectivity index (χ4n) is 1.19. The van der Waals surface area contributed by atoms with Crippen LogP contribution in [0.2, 0.25) is 0 Å². The van der Waals surface area contributed by atoms with Crippen molar-refractivity contribution in [3.8, 4) is 0 Å². The molecule has 80 valence electrons. The zero-order valence-corrected chi connectivity index (χ0v) is 8.54. The van der Waals surface area contributed by atoms with Crippen LogP contribution in [0.1, 0.15) is 0 Å². The fourth-order valence-corrected chi connectivity index (χ4v) is 1.19. The smallest absolute Gasteiger partial charge is 0.219 e. The molecule has 0 atom stereocenters. The van der Waals surface area contributed by atoms with E-state index in [0.29, 0.717) is 5.95 Å². The third kappa shape index (κ3) is 2.54. The number of H-pyrrole nitrogens is 1. The molecule has 0 radical (unpaired) electrons. The van der Waals surface area contributed by atoms with Gasteiger partial charge in [-0.25, -0.2) is 15.0 Å². The summed E-state index contributed by atoms with van der Waals surface area (Å²) in [4.78, 5) is 14.4. The molecule has 0 amide bonds. The number of fused-ring (bicyclic) bond motifs is 1. The van der Waals surface area contributed by atoms with Gasteiger partial charge in [0, 0.05) is 12.4 Å². The van der Waals surface area contributed by atoms with Crippen LogP contribution in [-0.4, -0.2) is 19.9 Å². The van der Waals surface area contributed by atoms with Crippen LogP contribution in [0.25, 0.3) is 11.0 Å². The Bertz CT molecular complexity index is 516. The quantitative estimate of drug-likeness (QED) is 0.594. The summed E-state index contributed by atoms with van der Waals surface area (Å²) in [5.74, 6) is 0.322. The van der Waals surface area contributed by atoms with Crippen LogP contribution in [0.3, 0.4) is 0 Å². The van der Waals surface area contributed by atoms with Crippen LogP contribution in [0, 0.1) is 0 Å². The molecule has 5 nitrogen and oxygen atoms in total. The van der Waals surface area contributed by atoms with Gasteiger partial charge in [0.15, 0.2) is 0 Å². The molecule has 0 unspecified atom stereocenters. The number of nitrogen functional groups attached to an aromatic ring is 1. The minimum Gasteiger partial charge on any atom is -0.368 e. The van der Waals surface area contributed by atoms with E-state index in [4.69, 9.17) is 5.73 Å². The van der Waals surface area contributed by atoms with Gasteiger partial charge in [-0.2, -0.15) is 0 Å². The van der Waals surface area contributed by atoms with Crippen LogP contribution in [-0.2, 0) is 0 Å². The number of benzene rings is 1. The van der Waals surface area contributed by atoms with Gasteiger partial charge in [-0.05, 0) is 18.2 Å². The standard InChI is InChI=1S/C7H6N2.C4H5N3/c1-2-4-7-6(3-1)8-5-9-7;5-4-6-2-1-3-7-4/h1-5H,(H,8,9);1-3H,(H2,5,6,7). The molecule has 3 aromatic rings. The number of anilines is 1. The van der Waals surface area contributed by atoms with Crippen molar-refractivity contribution in [3.05, 3.63) is 49.1 Å². The van der Waals surface area contributed by atoms with E-state index in [1.165, 1.54) is 0 Å². The molecule has 1 aromatic carbocycles. The highest BCUT2D eigenvalue weighted by molar-refractivity contribution is 5.73. The molecule has 3 N–H and O–H groups in total. The molecule has 2 aromatic heterocycles. The number of hydrogen-bond donors (Lipinski definition) is 2. The molecule has 0 aliphatic heterocycles. The summed E-state index contributed by atoms with van der Waals surface area (Å²) >= 11 is 0.